The molecule has 1 atom stereocenters. The van der Waals surface area contributed by atoms with Crippen molar-refractivity contribution in [1.29, 1.82) is 0 Å². The lowest BCUT2D eigenvalue weighted by molar-refractivity contribution is -0.120. The molecule has 2 N–H and O–H groups in total. The standard InChI is InChI=1S/C20H23FN2O4S/c1-13(2)28(26,27)14(3)19(24)22-12-15-6-4-9-18(10-15)23-20(25)16-7-5-8-17(21)11-16/h4-11,13-14H,12H2,1-3H3,(H,22,24)(H,23,25). The lowest BCUT2D eigenvalue weighted by Crippen LogP contribution is -2.40. The Labute approximate surface area is 164 Å². The number of halogens is 1. The zero-order chi connectivity index (χ0) is 20.9. The predicted molar refractivity (Wildman–Crippen MR) is 106 cm³/mol. The van der Waals surface area contributed by atoms with Crippen LogP contribution in [0.4, 0.5) is 10.1 Å². The van der Waals surface area contributed by atoms with E-state index in [0.717, 1.165) is 6.07 Å². The van der Waals surface area contributed by atoms with Gasteiger partial charge in [0.05, 0.1) is 5.25 Å². The minimum Gasteiger partial charge on any atom is -0.351 e. The molecule has 2 aromatic rings. The van der Waals surface area contributed by atoms with E-state index in [1.54, 1.807) is 24.3 Å². The first-order valence-electron chi connectivity index (χ1n) is 8.77. The molecule has 0 aliphatic carbocycles. The van der Waals surface area contributed by atoms with Gasteiger partial charge in [-0.3, -0.25) is 9.59 Å². The Hall–Kier alpha value is -2.74. The Morgan fingerprint density at radius 3 is 2.36 bits per heavy atom. The van der Waals surface area contributed by atoms with Gasteiger partial charge in [-0.1, -0.05) is 18.2 Å². The molecule has 0 radical (unpaired) electrons. The highest BCUT2D eigenvalue weighted by Crippen LogP contribution is 2.14. The van der Waals surface area contributed by atoms with Gasteiger partial charge in [0.25, 0.3) is 5.91 Å². The molecule has 2 rings (SSSR count). The van der Waals surface area contributed by atoms with E-state index >= 15 is 0 Å². The summed E-state index contributed by atoms with van der Waals surface area (Å²) in [7, 11) is -3.54. The second-order valence-corrected chi connectivity index (χ2v) is 9.49. The Morgan fingerprint density at radius 2 is 1.71 bits per heavy atom. The average molecular weight is 406 g/mol. The van der Waals surface area contributed by atoms with Crippen LogP contribution >= 0.6 is 0 Å². The molecule has 0 saturated carbocycles. The number of benzene rings is 2. The SMILES string of the molecule is CC(C)S(=O)(=O)C(C)C(=O)NCc1cccc(NC(=O)c2cccc(F)c2)c1. The average Bonchev–Trinajstić information content (AvgIpc) is 2.65. The van der Waals surface area contributed by atoms with Gasteiger partial charge in [0.1, 0.15) is 11.1 Å². The van der Waals surface area contributed by atoms with Gasteiger partial charge in [-0.15, -0.1) is 0 Å². The minimum atomic E-state index is -3.54. The molecule has 1 unspecified atom stereocenters. The van der Waals surface area contributed by atoms with Crippen molar-refractivity contribution < 1.29 is 22.4 Å². The molecule has 0 fully saturated rings. The molecule has 0 aromatic heterocycles. The van der Waals surface area contributed by atoms with Crippen LogP contribution in [0.1, 0.15) is 36.7 Å². The molecule has 0 bridgehead atoms. The Kier molecular flexibility index (Phi) is 6.90. The van der Waals surface area contributed by atoms with E-state index < -0.39 is 38.0 Å². The number of anilines is 1. The summed E-state index contributed by atoms with van der Waals surface area (Å²) >= 11 is 0. The van der Waals surface area contributed by atoms with Crippen molar-refractivity contribution in [3.63, 3.8) is 0 Å². The third-order valence-corrected chi connectivity index (χ3v) is 6.77. The number of hydrogen-bond donors (Lipinski definition) is 2. The Bertz CT molecular complexity index is 974. The van der Waals surface area contributed by atoms with Crippen LogP contribution in [0.3, 0.4) is 0 Å². The highest BCUT2D eigenvalue weighted by Gasteiger charge is 2.30. The summed E-state index contributed by atoms with van der Waals surface area (Å²) < 4.78 is 37.4. The lowest BCUT2D eigenvalue weighted by atomic mass is 10.1. The third kappa shape index (κ3) is 5.39. The van der Waals surface area contributed by atoms with Gasteiger partial charge >= 0.3 is 0 Å². The van der Waals surface area contributed by atoms with E-state index in [4.69, 9.17) is 0 Å². The number of hydrogen-bond acceptors (Lipinski definition) is 4. The van der Waals surface area contributed by atoms with Crippen molar-refractivity contribution in [2.45, 2.75) is 37.8 Å². The zero-order valence-corrected chi connectivity index (χ0v) is 16.7. The van der Waals surface area contributed by atoms with E-state index in [1.807, 2.05) is 0 Å². The number of carbonyl (C=O) groups is 2. The summed E-state index contributed by atoms with van der Waals surface area (Å²) in [5, 5.41) is 3.47. The van der Waals surface area contributed by atoms with E-state index in [-0.39, 0.29) is 12.1 Å². The number of sulfone groups is 1. The van der Waals surface area contributed by atoms with Gasteiger partial charge in [-0.2, -0.15) is 0 Å². The molecule has 2 aromatic carbocycles. The largest absolute Gasteiger partial charge is 0.351 e. The van der Waals surface area contributed by atoms with Gasteiger partial charge in [0.15, 0.2) is 9.84 Å². The third-order valence-electron chi connectivity index (χ3n) is 4.26. The molecule has 2 amide bonds. The number of carbonyl (C=O) groups excluding carboxylic acids is 2. The summed E-state index contributed by atoms with van der Waals surface area (Å²) in [6.45, 7) is 4.54. The van der Waals surface area contributed by atoms with Gasteiger partial charge in [-0.25, -0.2) is 12.8 Å². The Morgan fingerprint density at radius 1 is 1.04 bits per heavy atom. The monoisotopic (exact) mass is 406 g/mol. The first kappa shape index (κ1) is 21.6. The van der Waals surface area contributed by atoms with Gasteiger partial charge in [0, 0.05) is 17.8 Å². The summed E-state index contributed by atoms with van der Waals surface area (Å²) in [6.07, 6.45) is 0. The van der Waals surface area contributed by atoms with Crippen LogP contribution in [0.5, 0.6) is 0 Å². The number of amides is 2. The van der Waals surface area contributed by atoms with Crippen LogP contribution < -0.4 is 10.6 Å². The van der Waals surface area contributed by atoms with Crippen molar-refractivity contribution in [3.05, 3.63) is 65.5 Å². The van der Waals surface area contributed by atoms with E-state index in [9.17, 15) is 22.4 Å². The maximum absolute atomic E-state index is 13.2. The fraction of sp³-hybridized carbons (Fsp3) is 0.300. The van der Waals surface area contributed by atoms with E-state index in [2.05, 4.69) is 10.6 Å². The molecule has 28 heavy (non-hydrogen) atoms. The predicted octanol–water partition coefficient (Wildman–Crippen LogP) is 2.91. The zero-order valence-electron chi connectivity index (χ0n) is 15.9. The van der Waals surface area contributed by atoms with E-state index in [1.165, 1.54) is 39.0 Å². The van der Waals surface area contributed by atoms with E-state index in [0.29, 0.717) is 11.3 Å². The fourth-order valence-corrected chi connectivity index (χ4v) is 3.68. The first-order chi connectivity index (χ1) is 13.1. The molecule has 0 aliphatic heterocycles. The van der Waals surface area contributed by atoms with Crippen molar-refractivity contribution in [3.8, 4) is 0 Å². The quantitative estimate of drug-likeness (QED) is 0.740. The van der Waals surface area contributed by atoms with Crippen LogP contribution in [0.25, 0.3) is 0 Å². The van der Waals surface area contributed by atoms with Crippen molar-refractivity contribution in [2.24, 2.45) is 0 Å². The molecule has 0 spiro atoms. The molecule has 6 nitrogen and oxygen atoms in total. The highest BCUT2D eigenvalue weighted by atomic mass is 32.2. The summed E-state index contributed by atoms with van der Waals surface area (Å²) in [5.41, 5.74) is 1.34. The summed E-state index contributed by atoms with van der Waals surface area (Å²) in [5.74, 6) is -1.55. The topological polar surface area (TPSA) is 92.3 Å². The Balaban J connectivity index is 2.01. The van der Waals surface area contributed by atoms with Crippen molar-refractivity contribution in [2.75, 3.05) is 5.32 Å². The highest BCUT2D eigenvalue weighted by molar-refractivity contribution is 7.93. The molecule has 8 heteroatoms. The van der Waals surface area contributed by atoms with Crippen LogP contribution in [-0.2, 0) is 21.2 Å². The number of nitrogens with one attached hydrogen (secondary N) is 2. The lowest BCUT2D eigenvalue weighted by Gasteiger charge is -2.16. The first-order valence-corrected chi connectivity index (χ1v) is 10.4. The smallest absolute Gasteiger partial charge is 0.255 e. The minimum absolute atomic E-state index is 0.112. The molecule has 0 aliphatic rings. The summed E-state index contributed by atoms with van der Waals surface area (Å²) in [6, 6.07) is 12.1. The normalized spacial score (nSPS) is 12.5. The van der Waals surface area contributed by atoms with Gasteiger partial charge in [0.2, 0.25) is 5.91 Å². The maximum Gasteiger partial charge on any atom is 0.255 e. The molecule has 150 valence electrons. The van der Waals surface area contributed by atoms with Crippen LogP contribution in [0, 0.1) is 5.82 Å². The van der Waals surface area contributed by atoms with Crippen LogP contribution in [0.15, 0.2) is 48.5 Å². The van der Waals surface area contributed by atoms with Crippen molar-refractivity contribution >= 4 is 27.3 Å². The second-order valence-electron chi connectivity index (χ2n) is 6.66. The van der Waals surface area contributed by atoms with Crippen molar-refractivity contribution in [1.82, 2.24) is 5.32 Å². The van der Waals surface area contributed by atoms with Crippen LogP contribution in [-0.4, -0.2) is 30.7 Å². The van der Waals surface area contributed by atoms with Gasteiger partial charge in [-0.05, 0) is 56.7 Å². The summed E-state index contributed by atoms with van der Waals surface area (Å²) in [4.78, 5) is 24.3. The van der Waals surface area contributed by atoms with Crippen LogP contribution in [0.2, 0.25) is 0 Å². The number of rotatable bonds is 7. The molecular weight excluding hydrogens is 383 g/mol. The fourth-order valence-electron chi connectivity index (χ4n) is 2.48. The molecule has 0 saturated heterocycles. The van der Waals surface area contributed by atoms with Gasteiger partial charge < -0.3 is 10.6 Å². The second kappa shape index (κ2) is 8.97. The molecular formula is C20H23FN2O4S. The maximum atomic E-state index is 13.2. The molecule has 0 heterocycles.